The Bertz CT molecular complexity index is 1060. The van der Waals surface area contributed by atoms with Crippen LogP contribution in [0.3, 0.4) is 0 Å². The highest BCUT2D eigenvalue weighted by Crippen LogP contribution is 2.39. The van der Waals surface area contributed by atoms with Gasteiger partial charge in [0, 0.05) is 42.3 Å². The molecule has 4 N–H and O–H groups in total. The standard InChI is InChI=1S/C22H22FN5O2/c1-13-12-27-21-20(13)19(6-9-26-21)30-18-3-2-14(10-16(18)23)11-17(24)22(29)28-15-4-7-25-8-5-15/h2-10,13,17H,11-12,24H2,1H3,(H,26,27)(H,25,28,29). The molecule has 1 amide bonds. The van der Waals surface area contributed by atoms with Gasteiger partial charge in [-0.05, 0) is 42.3 Å². The second-order valence-corrected chi connectivity index (χ2v) is 7.26. The highest BCUT2D eigenvalue weighted by Gasteiger charge is 2.24. The van der Waals surface area contributed by atoms with E-state index in [1.54, 1.807) is 48.9 Å². The van der Waals surface area contributed by atoms with E-state index in [1.165, 1.54) is 6.07 Å². The van der Waals surface area contributed by atoms with Crippen LogP contribution in [0.2, 0.25) is 0 Å². The Morgan fingerprint density at radius 1 is 1.27 bits per heavy atom. The first-order valence-electron chi connectivity index (χ1n) is 9.67. The molecule has 0 saturated carbocycles. The summed E-state index contributed by atoms with van der Waals surface area (Å²) in [7, 11) is 0. The summed E-state index contributed by atoms with van der Waals surface area (Å²) in [6, 6.07) is 8.86. The highest BCUT2D eigenvalue weighted by atomic mass is 19.1. The largest absolute Gasteiger partial charge is 0.454 e. The molecule has 0 saturated heterocycles. The van der Waals surface area contributed by atoms with Crippen LogP contribution in [0.5, 0.6) is 11.5 Å². The molecule has 3 heterocycles. The lowest BCUT2D eigenvalue weighted by Gasteiger charge is -2.14. The third-order valence-corrected chi connectivity index (χ3v) is 4.98. The molecule has 2 unspecified atom stereocenters. The van der Waals surface area contributed by atoms with Gasteiger partial charge in [-0.15, -0.1) is 0 Å². The number of nitrogens with zero attached hydrogens (tertiary/aromatic N) is 2. The monoisotopic (exact) mass is 407 g/mol. The van der Waals surface area contributed by atoms with Gasteiger partial charge in [0.1, 0.15) is 11.6 Å². The van der Waals surface area contributed by atoms with Crippen LogP contribution in [-0.2, 0) is 11.2 Å². The fraction of sp³-hybridized carbons (Fsp3) is 0.227. The lowest BCUT2D eigenvalue weighted by Crippen LogP contribution is -2.37. The molecular formula is C22H22FN5O2. The number of carbonyl (C=O) groups is 1. The number of amides is 1. The quantitative estimate of drug-likeness (QED) is 0.579. The van der Waals surface area contributed by atoms with Crippen molar-refractivity contribution < 1.29 is 13.9 Å². The second kappa shape index (κ2) is 8.46. The smallest absolute Gasteiger partial charge is 0.241 e. The SMILES string of the molecule is CC1CNc2nccc(Oc3ccc(CC(N)C(=O)Nc4ccncc4)cc3F)c21. The first-order chi connectivity index (χ1) is 14.5. The summed E-state index contributed by atoms with van der Waals surface area (Å²) in [5.41, 5.74) is 8.14. The van der Waals surface area contributed by atoms with Crippen molar-refractivity contribution in [2.75, 3.05) is 17.2 Å². The van der Waals surface area contributed by atoms with Crippen molar-refractivity contribution in [2.45, 2.75) is 25.3 Å². The topological polar surface area (TPSA) is 102 Å². The molecule has 0 radical (unpaired) electrons. The average molecular weight is 407 g/mol. The minimum atomic E-state index is -0.820. The zero-order chi connectivity index (χ0) is 21.1. The van der Waals surface area contributed by atoms with Crippen molar-refractivity contribution in [3.05, 3.63) is 71.9 Å². The van der Waals surface area contributed by atoms with Crippen LogP contribution in [0, 0.1) is 5.82 Å². The number of pyridine rings is 2. The molecule has 4 rings (SSSR count). The Morgan fingerprint density at radius 3 is 2.83 bits per heavy atom. The van der Waals surface area contributed by atoms with E-state index < -0.39 is 11.9 Å². The van der Waals surface area contributed by atoms with Crippen LogP contribution in [0.1, 0.15) is 24.0 Å². The molecular weight excluding hydrogens is 385 g/mol. The van der Waals surface area contributed by atoms with E-state index in [2.05, 4.69) is 27.5 Å². The number of aromatic nitrogens is 2. The zero-order valence-corrected chi connectivity index (χ0v) is 16.4. The molecule has 0 bridgehead atoms. The average Bonchev–Trinajstić information content (AvgIpc) is 3.12. The summed E-state index contributed by atoms with van der Waals surface area (Å²) in [5, 5.41) is 5.92. The van der Waals surface area contributed by atoms with Crippen LogP contribution in [0.15, 0.2) is 55.0 Å². The fourth-order valence-corrected chi connectivity index (χ4v) is 3.40. The van der Waals surface area contributed by atoms with Gasteiger partial charge in [-0.3, -0.25) is 9.78 Å². The number of rotatable bonds is 6. The summed E-state index contributed by atoms with van der Waals surface area (Å²) in [5.74, 6) is 0.818. The number of ether oxygens (including phenoxy) is 1. The van der Waals surface area contributed by atoms with Gasteiger partial charge in [0.2, 0.25) is 5.91 Å². The summed E-state index contributed by atoms with van der Waals surface area (Å²) in [6.45, 7) is 2.83. The number of benzene rings is 1. The molecule has 7 nitrogen and oxygen atoms in total. The third-order valence-electron chi connectivity index (χ3n) is 4.98. The first-order valence-corrected chi connectivity index (χ1v) is 9.67. The van der Waals surface area contributed by atoms with E-state index in [9.17, 15) is 9.18 Å². The van der Waals surface area contributed by atoms with Gasteiger partial charge in [-0.1, -0.05) is 13.0 Å². The Morgan fingerprint density at radius 2 is 2.07 bits per heavy atom. The van der Waals surface area contributed by atoms with Gasteiger partial charge >= 0.3 is 0 Å². The van der Waals surface area contributed by atoms with Crippen LogP contribution < -0.4 is 21.1 Å². The second-order valence-electron chi connectivity index (χ2n) is 7.26. The van der Waals surface area contributed by atoms with Crippen molar-refractivity contribution in [1.29, 1.82) is 0 Å². The highest BCUT2D eigenvalue weighted by molar-refractivity contribution is 5.94. The Labute approximate surface area is 173 Å². The van der Waals surface area contributed by atoms with Crippen LogP contribution in [0.25, 0.3) is 0 Å². The van der Waals surface area contributed by atoms with Gasteiger partial charge < -0.3 is 21.1 Å². The zero-order valence-electron chi connectivity index (χ0n) is 16.4. The third kappa shape index (κ3) is 4.23. The minimum Gasteiger partial charge on any atom is -0.454 e. The molecule has 3 aromatic rings. The number of nitrogens with two attached hydrogens (primary N) is 1. The maximum atomic E-state index is 14.7. The fourth-order valence-electron chi connectivity index (χ4n) is 3.40. The van der Waals surface area contributed by atoms with Crippen molar-refractivity contribution in [2.24, 2.45) is 5.73 Å². The predicted molar refractivity (Wildman–Crippen MR) is 112 cm³/mol. The van der Waals surface area contributed by atoms with Crippen molar-refractivity contribution >= 4 is 17.4 Å². The number of carbonyl (C=O) groups excluding carboxylic acids is 1. The molecule has 2 aromatic heterocycles. The van der Waals surface area contributed by atoms with E-state index in [0.29, 0.717) is 17.0 Å². The van der Waals surface area contributed by atoms with Crippen LogP contribution in [-0.4, -0.2) is 28.5 Å². The van der Waals surface area contributed by atoms with Crippen molar-refractivity contribution in [3.8, 4) is 11.5 Å². The Kier molecular flexibility index (Phi) is 5.58. The first kappa shape index (κ1) is 19.8. The van der Waals surface area contributed by atoms with Crippen LogP contribution >= 0.6 is 0 Å². The summed E-state index contributed by atoms with van der Waals surface area (Å²) in [4.78, 5) is 20.4. The number of hydrogen-bond acceptors (Lipinski definition) is 6. The van der Waals surface area contributed by atoms with Gasteiger partial charge in [0.05, 0.1) is 6.04 Å². The molecule has 0 aliphatic carbocycles. The lowest BCUT2D eigenvalue weighted by atomic mass is 10.0. The van der Waals surface area contributed by atoms with Gasteiger partial charge in [0.25, 0.3) is 0 Å². The molecule has 30 heavy (non-hydrogen) atoms. The molecule has 1 aliphatic rings. The van der Waals surface area contributed by atoms with E-state index in [1.807, 2.05) is 0 Å². The Hall–Kier alpha value is -3.52. The number of hydrogen-bond donors (Lipinski definition) is 3. The molecule has 8 heteroatoms. The minimum absolute atomic E-state index is 0.112. The Balaban J connectivity index is 1.44. The molecule has 1 aliphatic heterocycles. The predicted octanol–water partition coefficient (Wildman–Crippen LogP) is 3.45. The molecule has 1 aromatic carbocycles. The number of halogens is 1. The molecule has 0 spiro atoms. The van der Waals surface area contributed by atoms with Gasteiger partial charge in [-0.2, -0.15) is 0 Å². The van der Waals surface area contributed by atoms with E-state index in [0.717, 1.165) is 17.9 Å². The van der Waals surface area contributed by atoms with E-state index >= 15 is 0 Å². The van der Waals surface area contributed by atoms with E-state index in [-0.39, 0.29) is 24.0 Å². The summed E-state index contributed by atoms with van der Waals surface area (Å²) < 4.78 is 20.5. The van der Waals surface area contributed by atoms with Gasteiger partial charge in [0.15, 0.2) is 11.6 Å². The number of nitrogens with one attached hydrogen (secondary N) is 2. The molecule has 2 atom stereocenters. The molecule has 154 valence electrons. The maximum Gasteiger partial charge on any atom is 0.241 e. The molecule has 0 fully saturated rings. The summed E-state index contributed by atoms with van der Waals surface area (Å²) in [6.07, 6.45) is 4.97. The number of anilines is 2. The van der Waals surface area contributed by atoms with Crippen molar-refractivity contribution in [3.63, 3.8) is 0 Å². The number of fused-ring (bicyclic) bond motifs is 1. The van der Waals surface area contributed by atoms with Crippen molar-refractivity contribution in [1.82, 2.24) is 9.97 Å². The normalized spacial score (nSPS) is 15.8. The van der Waals surface area contributed by atoms with E-state index in [4.69, 9.17) is 10.5 Å². The van der Waals surface area contributed by atoms with Crippen LogP contribution in [0.4, 0.5) is 15.9 Å². The van der Waals surface area contributed by atoms with Gasteiger partial charge in [-0.25, -0.2) is 9.37 Å². The maximum absolute atomic E-state index is 14.7. The lowest BCUT2D eigenvalue weighted by molar-refractivity contribution is -0.117. The summed E-state index contributed by atoms with van der Waals surface area (Å²) >= 11 is 0.